The van der Waals surface area contributed by atoms with Gasteiger partial charge < -0.3 is 5.11 Å². The Labute approximate surface area is 78.1 Å². The monoisotopic (exact) mass is 192 g/mol. The first-order valence-electron chi connectivity index (χ1n) is 5.04. The van der Waals surface area contributed by atoms with Gasteiger partial charge in [0.1, 0.15) is 12.3 Å². The quantitative estimate of drug-likeness (QED) is 0.728. The highest BCUT2D eigenvalue weighted by Crippen LogP contribution is 2.35. The number of rotatable bonds is 3. The van der Waals surface area contributed by atoms with Gasteiger partial charge in [-0.25, -0.2) is 8.78 Å². The zero-order valence-electron chi connectivity index (χ0n) is 8.05. The molecule has 0 aromatic carbocycles. The summed E-state index contributed by atoms with van der Waals surface area (Å²) in [5.74, 6) is -0.307. The maximum atomic E-state index is 13.4. The van der Waals surface area contributed by atoms with Crippen molar-refractivity contribution < 1.29 is 13.9 Å². The Kier molecular flexibility index (Phi) is 4.10. The fraction of sp³-hybridized carbons (Fsp3) is 1.00. The average Bonchev–Trinajstić information content (AvgIpc) is 2.02. The third-order valence-electron chi connectivity index (χ3n) is 2.88. The van der Waals surface area contributed by atoms with Gasteiger partial charge in [0.05, 0.1) is 0 Å². The Balaban J connectivity index is 2.41. The van der Waals surface area contributed by atoms with Crippen LogP contribution in [0.3, 0.4) is 0 Å². The first-order valence-corrected chi connectivity index (χ1v) is 5.04. The molecule has 0 aromatic rings. The number of aliphatic hydroxyl groups excluding tert-OH is 1. The van der Waals surface area contributed by atoms with Crippen molar-refractivity contribution in [1.82, 2.24) is 0 Å². The fourth-order valence-corrected chi connectivity index (χ4v) is 2.13. The van der Waals surface area contributed by atoms with E-state index in [9.17, 15) is 8.78 Å². The minimum atomic E-state index is -1.01. The van der Waals surface area contributed by atoms with Crippen LogP contribution in [0.2, 0.25) is 0 Å². The van der Waals surface area contributed by atoms with Crippen LogP contribution >= 0.6 is 0 Å². The third-order valence-corrected chi connectivity index (χ3v) is 2.88. The van der Waals surface area contributed by atoms with E-state index in [1.165, 1.54) is 0 Å². The number of alkyl halides is 2. The number of halogens is 2. The zero-order chi connectivity index (χ0) is 9.84. The highest BCUT2D eigenvalue weighted by atomic mass is 19.1. The fourth-order valence-electron chi connectivity index (χ4n) is 2.13. The van der Waals surface area contributed by atoms with Crippen molar-refractivity contribution in [2.75, 3.05) is 6.61 Å². The van der Waals surface area contributed by atoms with Crippen molar-refractivity contribution in [3.8, 4) is 0 Å². The van der Waals surface area contributed by atoms with Gasteiger partial charge in [0.15, 0.2) is 0 Å². The second-order valence-electron chi connectivity index (χ2n) is 4.14. The summed E-state index contributed by atoms with van der Waals surface area (Å²) in [4.78, 5) is 0. The minimum absolute atomic E-state index is 0.0332. The number of hydrogen-bond acceptors (Lipinski definition) is 1. The van der Waals surface area contributed by atoms with Crippen LogP contribution in [0.15, 0.2) is 0 Å². The van der Waals surface area contributed by atoms with Crippen LogP contribution in [-0.2, 0) is 0 Å². The molecule has 1 saturated carbocycles. The summed E-state index contributed by atoms with van der Waals surface area (Å²) in [6.07, 6.45) is -0.0611. The number of hydrogen-bond donors (Lipinski definition) is 1. The van der Waals surface area contributed by atoms with Crippen molar-refractivity contribution in [2.24, 2.45) is 11.8 Å². The molecule has 0 aromatic heterocycles. The van der Waals surface area contributed by atoms with Crippen molar-refractivity contribution in [3.63, 3.8) is 0 Å². The van der Waals surface area contributed by atoms with Gasteiger partial charge in [-0.2, -0.15) is 0 Å². The second-order valence-corrected chi connectivity index (χ2v) is 4.14. The lowest BCUT2D eigenvalue weighted by atomic mass is 9.78. The molecule has 13 heavy (non-hydrogen) atoms. The molecule has 1 aliphatic rings. The largest absolute Gasteiger partial charge is 0.396 e. The summed E-state index contributed by atoms with van der Waals surface area (Å²) in [6, 6.07) is 0. The van der Waals surface area contributed by atoms with Gasteiger partial charge in [0.25, 0.3) is 0 Å². The minimum Gasteiger partial charge on any atom is -0.396 e. The Morgan fingerprint density at radius 1 is 1.23 bits per heavy atom. The van der Waals surface area contributed by atoms with E-state index in [0.29, 0.717) is 25.7 Å². The zero-order valence-corrected chi connectivity index (χ0v) is 8.05. The molecule has 0 saturated heterocycles. The lowest BCUT2D eigenvalue weighted by Crippen LogP contribution is -2.34. The molecular formula is C10H18F2O. The van der Waals surface area contributed by atoms with Crippen LogP contribution in [0.1, 0.15) is 32.6 Å². The molecule has 3 heteroatoms. The van der Waals surface area contributed by atoms with Gasteiger partial charge in [-0.1, -0.05) is 6.92 Å². The predicted molar refractivity (Wildman–Crippen MR) is 48.0 cm³/mol. The Hall–Kier alpha value is -0.180. The molecule has 0 heterocycles. The second kappa shape index (κ2) is 4.89. The first kappa shape index (κ1) is 10.9. The summed E-state index contributed by atoms with van der Waals surface area (Å²) in [5.41, 5.74) is 0. The van der Waals surface area contributed by atoms with E-state index < -0.39 is 18.3 Å². The number of aliphatic hydroxyl groups is 1. The molecule has 2 atom stereocenters. The highest BCUT2D eigenvalue weighted by molar-refractivity contribution is 4.85. The lowest BCUT2D eigenvalue weighted by molar-refractivity contribution is 0.0405. The summed E-state index contributed by atoms with van der Waals surface area (Å²) >= 11 is 0. The van der Waals surface area contributed by atoms with Gasteiger partial charge in [0, 0.05) is 12.5 Å². The summed E-state index contributed by atoms with van der Waals surface area (Å²) in [7, 11) is 0. The van der Waals surface area contributed by atoms with Crippen molar-refractivity contribution in [2.45, 2.75) is 45.0 Å². The van der Waals surface area contributed by atoms with Crippen LogP contribution < -0.4 is 0 Å². The van der Waals surface area contributed by atoms with E-state index in [-0.39, 0.29) is 12.5 Å². The molecule has 1 rings (SSSR count). The van der Waals surface area contributed by atoms with Crippen molar-refractivity contribution >= 4 is 0 Å². The van der Waals surface area contributed by atoms with Crippen LogP contribution in [-0.4, -0.2) is 24.1 Å². The Morgan fingerprint density at radius 2 is 1.77 bits per heavy atom. The molecule has 1 aliphatic carbocycles. The Bertz CT molecular complexity index is 140. The van der Waals surface area contributed by atoms with E-state index in [4.69, 9.17) is 5.11 Å². The smallest absolute Gasteiger partial charge is 0.106 e. The van der Waals surface area contributed by atoms with E-state index in [1.54, 1.807) is 0 Å². The van der Waals surface area contributed by atoms with Crippen molar-refractivity contribution in [1.29, 1.82) is 0 Å². The van der Waals surface area contributed by atoms with Gasteiger partial charge in [-0.05, 0) is 31.6 Å². The van der Waals surface area contributed by atoms with Crippen LogP contribution in [0, 0.1) is 11.8 Å². The van der Waals surface area contributed by atoms with Gasteiger partial charge >= 0.3 is 0 Å². The third kappa shape index (κ3) is 2.90. The van der Waals surface area contributed by atoms with E-state index in [1.807, 2.05) is 6.92 Å². The predicted octanol–water partition coefficient (Wildman–Crippen LogP) is 2.48. The molecule has 78 valence electrons. The molecule has 0 amide bonds. The van der Waals surface area contributed by atoms with Crippen LogP contribution in [0.4, 0.5) is 8.78 Å². The lowest BCUT2D eigenvalue weighted by Gasteiger charge is -2.32. The van der Waals surface area contributed by atoms with E-state index in [0.717, 1.165) is 0 Å². The average molecular weight is 192 g/mol. The first-order chi connectivity index (χ1) is 6.15. The molecule has 0 aliphatic heterocycles. The SMILES string of the molecule is CC1CC(F)C(CCCO)C(F)C1. The van der Waals surface area contributed by atoms with Gasteiger partial charge in [-0.15, -0.1) is 0 Å². The van der Waals surface area contributed by atoms with Gasteiger partial charge in [-0.3, -0.25) is 0 Å². The summed E-state index contributed by atoms with van der Waals surface area (Å²) in [5, 5.41) is 8.58. The molecule has 1 fully saturated rings. The molecule has 2 unspecified atom stereocenters. The summed E-state index contributed by atoms with van der Waals surface area (Å²) in [6.45, 7) is 1.92. The topological polar surface area (TPSA) is 20.2 Å². The Morgan fingerprint density at radius 3 is 2.23 bits per heavy atom. The maximum Gasteiger partial charge on any atom is 0.106 e. The highest BCUT2D eigenvalue weighted by Gasteiger charge is 2.36. The van der Waals surface area contributed by atoms with Gasteiger partial charge in [0.2, 0.25) is 0 Å². The molecule has 1 nitrogen and oxygen atoms in total. The summed E-state index contributed by atoms with van der Waals surface area (Å²) < 4.78 is 26.7. The molecule has 0 radical (unpaired) electrons. The molecule has 1 N–H and O–H groups in total. The van der Waals surface area contributed by atoms with E-state index >= 15 is 0 Å². The van der Waals surface area contributed by atoms with E-state index in [2.05, 4.69) is 0 Å². The normalized spacial score (nSPS) is 40.6. The maximum absolute atomic E-state index is 13.4. The molecular weight excluding hydrogens is 174 g/mol. The standard InChI is InChI=1S/C10H18F2O/c1-7-5-9(11)8(3-2-4-13)10(12)6-7/h7-10,13H,2-6H2,1H3. The van der Waals surface area contributed by atoms with Crippen molar-refractivity contribution in [3.05, 3.63) is 0 Å². The molecule has 0 spiro atoms. The van der Waals surface area contributed by atoms with Crippen LogP contribution in [0.25, 0.3) is 0 Å². The molecule has 0 bridgehead atoms. The van der Waals surface area contributed by atoms with Crippen LogP contribution in [0.5, 0.6) is 0 Å².